The summed E-state index contributed by atoms with van der Waals surface area (Å²) in [5, 5.41) is 17.9. The molecule has 3 aliphatic heterocycles. The minimum atomic E-state index is -1.96. The van der Waals surface area contributed by atoms with Crippen LogP contribution in [0.1, 0.15) is 153 Å². The van der Waals surface area contributed by atoms with Crippen molar-refractivity contribution in [2.75, 3.05) is 52.7 Å². The molecule has 0 unspecified atom stereocenters. The van der Waals surface area contributed by atoms with Crippen LogP contribution < -0.4 is 15.5 Å². The Bertz CT molecular complexity index is 3050. The molecule has 0 radical (unpaired) electrons. The number of cyclic esters (lactones) is 1. The Morgan fingerprint density at radius 2 is 1.24 bits per heavy atom. The Morgan fingerprint density at radius 1 is 0.630 bits per heavy atom. The molecule has 6 rings (SSSR count). The van der Waals surface area contributed by atoms with Crippen LogP contribution in [0.15, 0.2) is 72.9 Å². The molecule has 20 nitrogen and oxygen atoms in total. The molecular formula is C72H107N9O11. The maximum absolute atomic E-state index is 15.9. The number of esters is 1. The number of fused-ring (bicyclic) bond motifs is 1. The number of carbonyl (C=O) groups excluding carboxylic acids is 9. The lowest BCUT2D eigenvalue weighted by atomic mass is 9.85. The predicted octanol–water partition coefficient (Wildman–Crippen LogP) is 7.76. The van der Waals surface area contributed by atoms with E-state index in [0.29, 0.717) is 36.3 Å². The van der Waals surface area contributed by atoms with Crippen molar-refractivity contribution in [1.29, 1.82) is 0 Å². The Morgan fingerprint density at radius 3 is 1.84 bits per heavy atom. The molecule has 92 heavy (non-hydrogen) atoms. The molecule has 0 bridgehead atoms. The molecule has 11 atom stereocenters. The summed E-state index contributed by atoms with van der Waals surface area (Å²) < 4.78 is 6.17. The number of pyridine rings is 1. The first-order chi connectivity index (χ1) is 43.3. The number of likely N-dealkylation sites (N-methyl/N-ethyl adjacent to an activating group) is 4. The van der Waals surface area contributed by atoms with E-state index in [9.17, 15) is 19.5 Å². The smallest absolute Gasteiger partial charge is 0.332 e. The lowest BCUT2D eigenvalue weighted by Gasteiger charge is -2.39. The van der Waals surface area contributed by atoms with E-state index in [1.807, 2.05) is 95.3 Å². The Balaban J connectivity index is 1.52. The average molecular weight is 1270 g/mol. The van der Waals surface area contributed by atoms with Gasteiger partial charge in [0.05, 0.1) is 11.6 Å². The van der Waals surface area contributed by atoms with Crippen molar-refractivity contribution < 1.29 is 53.0 Å². The molecule has 0 saturated carbocycles. The third-order valence-corrected chi connectivity index (χ3v) is 19.4. The van der Waals surface area contributed by atoms with Gasteiger partial charge in [-0.25, -0.2) is 9.78 Å². The number of nitrogens with one attached hydrogen (secondary N) is 2. The zero-order valence-corrected chi connectivity index (χ0v) is 57.9. The van der Waals surface area contributed by atoms with E-state index in [1.54, 1.807) is 40.8 Å². The minimum absolute atomic E-state index is 0.00752. The maximum Gasteiger partial charge on any atom is 0.332 e. The van der Waals surface area contributed by atoms with E-state index in [2.05, 4.69) is 28.5 Å². The van der Waals surface area contributed by atoms with Gasteiger partial charge in [0, 0.05) is 85.1 Å². The van der Waals surface area contributed by atoms with Gasteiger partial charge in [-0.1, -0.05) is 137 Å². The largest absolute Gasteiger partial charge is 0.450 e. The fourth-order valence-electron chi connectivity index (χ4n) is 13.6. The lowest BCUT2D eigenvalue weighted by molar-refractivity contribution is -0.178. The molecule has 3 saturated heterocycles. The number of hydrogen-bond acceptors (Lipinski definition) is 13. The molecule has 3 aliphatic rings. The third kappa shape index (κ3) is 18.1. The van der Waals surface area contributed by atoms with Crippen LogP contribution in [0.5, 0.6) is 0 Å². The van der Waals surface area contributed by atoms with Gasteiger partial charge in [-0.2, -0.15) is 0 Å². The number of piperidine rings is 1. The molecular weight excluding hydrogens is 1170 g/mol. The Kier molecular flexibility index (Phi) is 26.1. The molecule has 1 aromatic heterocycles. The van der Waals surface area contributed by atoms with Crippen LogP contribution >= 0.6 is 0 Å². The molecule has 3 fully saturated rings. The van der Waals surface area contributed by atoms with E-state index in [1.165, 1.54) is 61.6 Å². The summed E-state index contributed by atoms with van der Waals surface area (Å²) in [5.41, 5.74) is 1.21. The number of anilines is 1. The number of rotatable bonds is 15. The van der Waals surface area contributed by atoms with Crippen molar-refractivity contribution >= 4 is 58.9 Å². The molecule has 20 heteroatoms. The maximum atomic E-state index is 15.9. The number of hydrogen-bond donors (Lipinski definition) is 3. The van der Waals surface area contributed by atoms with Crippen molar-refractivity contribution in [2.45, 2.75) is 208 Å². The number of carbonyl (C=O) groups is 9. The number of amides is 7. The number of nitrogens with zero attached hydrogens (tertiary/aromatic N) is 7. The van der Waals surface area contributed by atoms with Gasteiger partial charge >= 0.3 is 5.97 Å². The molecule has 3 N–H and O–H groups in total. The molecule has 0 spiro atoms. The van der Waals surface area contributed by atoms with Gasteiger partial charge in [0.2, 0.25) is 35.4 Å². The van der Waals surface area contributed by atoms with Crippen LogP contribution in [0.2, 0.25) is 0 Å². The number of aliphatic hydroxyl groups is 1. The first-order valence-electron chi connectivity index (χ1n) is 33.6. The second-order valence-electron chi connectivity index (χ2n) is 28.3. The molecule has 4 heterocycles. The number of benzene rings is 2. The average Bonchev–Trinajstić information content (AvgIpc) is 1.17. The van der Waals surface area contributed by atoms with E-state index in [-0.39, 0.29) is 44.6 Å². The van der Waals surface area contributed by atoms with Crippen LogP contribution in [0, 0.1) is 41.4 Å². The fourth-order valence-corrected chi connectivity index (χ4v) is 13.6. The lowest BCUT2D eigenvalue weighted by Crippen LogP contribution is -2.61. The van der Waals surface area contributed by atoms with E-state index in [4.69, 9.17) is 9.72 Å². The van der Waals surface area contributed by atoms with Crippen molar-refractivity contribution in [3.63, 3.8) is 0 Å². The second kappa shape index (κ2) is 32.6. The van der Waals surface area contributed by atoms with Crippen molar-refractivity contribution in [2.24, 2.45) is 41.4 Å². The SMILES string of the molecule is CC[C@H](C)[C@@H]1NC(=O)[C@@H]2CCCN2C(=O)[C@H](Cc2cccc(-c3ccnc(N4CCC(C)CC4)c3)c2)N(C)C(=O)[C@H](Cc2ccccc2)NC(=O)[C@H](C(C)C)N(C)C(=O)[C@@H]([C@@H](C)CC)OC(=O)[C@H](C(C)(C)O)N(C)C(=O)[C@H](CC(C)C)CC(=O)[C@H](C(C)C)N(C)C1=O. The second-order valence-corrected chi connectivity index (χ2v) is 28.3. The van der Waals surface area contributed by atoms with Crippen molar-refractivity contribution in [3.05, 3.63) is 84.1 Å². The summed E-state index contributed by atoms with van der Waals surface area (Å²) in [4.78, 5) is 151. The zero-order valence-electron chi connectivity index (χ0n) is 57.9. The topological polar surface area (TPSA) is 239 Å². The number of ketones is 1. The van der Waals surface area contributed by atoms with Crippen molar-refractivity contribution in [1.82, 2.24) is 40.1 Å². The zero-order chi connectivity index (χ0) is 68.2. The number of ether oxygens (including phenoxy) is 1. The molecule has 3 aromatic rings. The van der Waals surface area contributed by atoms with Crippen LogP contribution in [-0.4, -0.2) is 190 Å². The van der Waals surface area contributed by atoms with Gasteiger partial charge in [0.1, 0.15) is 36.0 Å². The number of Topliss-reactive ketones (excluding diaryl/α,β-unsaturated/α-hetero) is 1. The minimum Gasteiger partial charge on any atom is -0.450 e. The normalized spacial score (nSPS) is 25.8. The van der Waals surface area contributed by atoms with Gasteiger partial charge in [-0.15, -0.1) is 0 Å². The number of aromatic nitrogens is 1. The monoisotopic (exact) mass is 1270 g/mol. The van der Waals surface area contributed by atoms with Crippen LogP contribution in [0.4, 0.5) is 5.82 Å². The highest BCUT2D eigenvalue weighted by atomic mass is 16.6. The molecule has 7 amide bonds. The molecule has 0 aliphatic carbocycles. The summed E-state index contributed by atoms with van der Waals surface area (Å²) in [5.74, 6) is -7.72. The standard InChI is InChI=1S/C72H107N9O11/c1-18-47(10)59-69(88)77(15)60(44(5)6)57(82)41-53(37-43(3)4)66(85)79(17)63(72(12,13)91)71(90)92-62(48(11)19-2)70(89)78(16)61(45(7)8)65(84)74-54(39-49-25-21-20-22-26-49)67(86)76(14)56(68(87)81-34-24-29-55(81)64(83)75-59)40-50-27-23-28-51(38-50)52-30-33-73-58(42-52)80-35-31-46(9)32-36-80/h20-23,25-28,30,33,38,42-48,53-56,59-63,91H,18-19,24,29,31-32,34-37,39-41H2,1-17H3,(H,74,84)(H,75,83)/t47-,48-,53+,54-,55-,56-,59-,60-,61-,62+,63+/m0/s1. The highest BCUT2D eigenvalue weighted by Crippen LogP contribution is 2.32. The summed E-state index contributed by atoms with van der Waals surface area (Å²) in [6.07, 6.45) is 3.68. The van der Waals surface area contributed by atoms with Gasteiger partial charge in [-0.3, -0.25) is 38.4 Å². The Labute approximate surface area is 547 Å². The van der Waals surface area contributed by atoms with E-state index in [0.717, 1.165) is 47.8 Å². The quantitative estimate of drug-likeness (QED) is 0.124. The third-order valence-electron chi connectivity index (χ3n) is 19.4. The van der Waals surface area contributed by atoms with Gasteiger partial charge < -0.3 is 49.9 Å². The highest BCUT2D eigenvalue weighted by molar-refractivity contribution is 5.99. The highest BCUT2D eigenvalue weighted by Gasteiger charge is 2.48. The van der Waals surface area contributed by atoms with Gasteiger partial charge in [0.15, 0.2) is 17.9 Å². The molecule has 506 valence electrons. The summed E-state index contributed by atoms with van der Waals surface area (Å²) in [7, 11) is 5.81. The van der Waals surface area contributed by atoms with E-state index < -0.39 is 137 Å². The summed E-state index contributed by atoms with van der Waals surface area (Å²) in [6.45, 7) is 25.0. The van der Waals surface area contributed by atoms with Crippen molar-refractivity contribution in [3.8, 4) is 11.1 Å². The van der Waals surface area contributed by atoms with Crippen LogP contribution in [0.3, 0.4) is 0 Å². The summed E-state index contributed by atoms with van der Waals surface area (Å²) >= 11 is 0. The van der Waals surface area contributed by atoms with Gasteiger partial charge in [0.25, 0.3) is 5.91 Å². The van der Waals surface area contributed by atoms with Gasteiger partial charge in [-0.05, 0) is 116 Å². The summed E-state index contributed by atoms with van der Waals surface area (Å²) in [6, 6.07) is 12.1. The first-order valence-corrected chi connectivity index (χ1v) is 33.6. The van der Waals surface area contributed by atoms with Crippen LogP contribution in [0.25, 0.3) is 11.1 Å². The van der Waals surface area contributed by atoms with Crippen LogP contribution in [-0.2, 0) is 60.7 Å². The Hall–Kier alpha value is -7.22. The first kappa shape index (κ1) is 73.8. The fraction of sp³-hybridized carbons (Fsp3) is 0.639. The predicted molar refractivity (Wildman–Crippen MR) is 356 cm³/mol. The molecule has 2 aromatic carbocycles. The van der Waals surface area contributed by atoms with E-state index >= 15 is 28.8 Å².